The van der Waals surface area contributed by atoms with Gasteiger partial charge in [-0.15, -0.1) is 0 Å². The Balaban J connectivity index is 1.56. The highest BCUT2D eigenvalue weighted by Gasteiger charge is 2.31. The van der Waals surface area contributed by atoms with Gasteiger partial charge in [-0.3, -0.25) is 9.69 Å². The molecule has 2 amide bonds. The first-order chi connectivity index (χ1) is 17.2. The minimum absolute atomic E-state index is 0.0729. The number of ether oxygens (including phenoxy) is 1. The van der Waals surface area contributed by atoms with Gasteiger partial charge in [-0.1, -0.05) is 13.8 Å². The lowest BCUT2D eigenvalue weighted by Crippen LogP contribution is -2.53. The first-order valence-corrected chi connectivity index (χ1v) is 14.0. The van der Waals surface area contributed by atoms with Crippen molar-refractivity contribution in [3.63, 3.8) is 0 Å². The molecule has 10 heteroatoms. The molecular formula is C27H35N3O6S. The first-order valence-electron chi connectivity index (χ1n) is 12.5. The van der Waals surface area contributed by atoms with Crippen LogP contribution in [-0.2, 0) is 19.6 Å². The minimum Gasteiger partial charge on any atom is -0.456 e. The van der Waals surface area contributed by atoms with E-state index < -0.39 is 21.7 Å². The van der Waals surface area contributed by atoms with Crippen LogP contribution in [0.1, 0.15) is 48.0 Å². The number of nitrogens with zero attached hydrogens (tertiary/aromatic N) is 2. The summed E-state index contributed by atoms with van der Waals surface area (Å²) in [5.41, 5.74) is 1.12. The van der Waals surface area contributed by atoms with E-state index in [1.807, 2.05) is 19.1 Å². The van der Waals surface area contributed by atoms with Crippen LogP contribution < -0.4 is 9.62 Å². The standard InChI is InChI=1S/C27H35N3O6S/c1-17(2)13-18(3)28-37(33,34)20-8-10-23-22(15-20)21-9-7-19(14-24(21)35-23)30-12-11-29(16-25(30)31)26(32)36-27(4,5)6/h7-10,14-15,17-18,28H,11-13,16H2,1-6H3/t18-/m1/s1. The predicted molar refractivity (Wildman–Crippen MR) is 143 cm³/mol. The first kappa shape index (κ1) is 26.9. The summed E-state index contributed by atoms with van der Waals surface area (Å²) in [7, 11) is -3.69. The summed E-state index contributed by atoms with van der Waals surface area (Å²) in [6, 6.07) is 10.0. The molecule has 0 aliphatic carbocycles. The van der Waals surface area contributed by atoms with Crippen LogP contribution in [0, 0.1) is 5.92 Å². The second kappa shape index (κ2) is 9.98. The normalized spacial score (nSPS) is 16.1. The van der Waals surface area contributed by atoms with Crippen molar-refractivity contribution in [1.29, 1.82) is 0 Å². The second-order valence-corrected chi connectivity index (χ2v) is 12.8. The molecule has 4 rings (SSSR count). The van der Waals surface area contributed by atoms with E-state index in [0.717, 1.165) is 11.8 Å². The smallest absolute Gasteiger partial charge is 0.410 e. The van der Waals surface area contributed by atoms with Crippen molar-refractivity contribution in [1.82, 2.24) is 9.62 Å². The van der Waals surface area contributed by atoms with E-state index in [1.54, 1.807) is 43.9 Å². The van der Waals surface area contributed by atoms with E-state index in [2.05, 4.69) is 18.6 Å². The fraction of sp³-hybridized carbons (Fsp3) is 0.481. The largest absolute Gasteiger partial charge is 0.456 e. The molecule has 2 aromatic carbocycles. The fourth-order valence-electron chi connectivity index (χ4n) is 4.60. The lowest BCUT2D eigenvalue weighted by molar-refractivity contribution is -0.121. The van der Waals surface area contributed by atoms with Crippen molar-refractivity contribution in [2.24, 2.45) is 5.92 Å². The zero-order valence-corrected chi connectivity index (χ0v) is 23.0. The second-order valence-electron chi connectivity index (χ2n) is 11.0. The van der Waals surface area contributed by atoms with Gasteiger partial charge in [-0.2, -0.15) is 0 Å². The SMILES string of the molecule is CC(C)C[C@@H](C)NS(=O)(=O)c1ccc2oc3cc(N4CCN(C(=O)OC(C)(C)C)CC4=O)ccc3c2c1. The molecule has 0 bridgehead atoms. The van der Waals surface area contributed by atoms with Crippen molar-refractivity contribution >= 4 is 49.6 Å². The molecule has 2 heterocycles. The number of hydrogen-bond acceptors (Lipinski definition) is 6. The Morgan fingerprint density at radius 2 is 1.78 bits per heavy atom. The summed E-state index contributed by atoms with van der Waals surface area (Å²) in [6.07, 6.45) is 0.232. The number of furan rings is 1. The summed E-state index contributed by atoms with van der Waals surface area (Å²) in [4.78, 5) is 28.4. The molecule has 1 fully saturated rings. The van der Waals surface area contributed by atoms with Crippen LogP contribution in [0.4, 0.5) is 10.5 Å². The molecule has 0 unspecified atom stereocenters. The Labute approximate surface area is 217 Å². The van der Waals surface area contributed by atoms with Crippen molar-refractivity contribution in [2.75, 3.05) is 24.5 Å². The van der Waals surface area contributed by atoms with E-state index in [4.69, 9.17) is 9.15 Å². The van der Waals surface area contributed by atoms with E-state index >= 15 is 0 Å². The Morgan fingerprint density at radius 1 is 1.05 bits per heavy atom. The van der Waals surface area contributed by atoms with Gasteiger partial charge in [0.2, 0.25) is 15.9 Å². The maximum absolute atomic E-state index is 13.0. The van der Waals surface area contributed by atoms with Gasteiger partial charge < -0.3 is 14.1 Å². The number of sulfonamides is 1. The Morgan fingerprint density at radius 3 is 2.43 bits per heavy atom. The van der Waals surface area contributed by atoms with Crippen LogP contribution in [-0.4, -0.2) is 56.6 Å². The molecule has 1 aliphatic rings. The number of fused-ring (bicyclic) bond motifs is 3. The number of hydrogen-bond donors (Lipinski definition) is 1. The van der Waals surface area contributed by atoms with Gasteiger partial charge in [0.05, 0.1) is 4.90 Å². The Kier molecular flexibility index (Phi) is 7.27. The summed E-state index contributed by atoms with van der Waals surface area (Å²) in [5, 5.41) is 1.44. The molecule has 1 atom stereocenters. The highest BCUT2D eigenvalue weighted by Crippen LogP contribution is 2.33. The monoisotopic (exact) mass is 529 g/mol. The molecule has 200 valence electrons. The van der Waals surface area contributed by atoms with E-state index in [-0.39, 0.29) is 23.4 Å². The van der Waals surface area contributed by atoms with Gasteiger partial charge in [0.15, 0.2) is 0 Å². The summed E-state index contributed by atoms with van der Waals surface area (Å²) in [5.74, 6) is 0.155. The Hall–Kier alpha value is -3.11. The zero-order chi connectivity index (χ0) is 27.1. The number of nitrogens with one attached hydrogen (secondary N) is 1. The van der Waals surface area contributed by atoms with Crippen molar-refractivity contribution in [2.45, 2.75) is 64.5 Å². The van der Waals surface area contributed by atoms with E-state index in [0.29, 0.717) is 41.2 Å². The molecule has 3 aromatic rings. The number of carbonyl (C=O) groups excluding carboxylic acids is 2. The lowest BCUT2D eigenvalue weighted by Gasteiger charge is -2.35. The van der Waals surface area contributed by atoms with Crippen molar-refractivity contribution in [3.05, 3.63) is 36.4 Å². The maximum atomic E-state index is 13.0. The third-order valence-electron chi connectivity index (χ3n) is 6.10. The van der Waals surface area contributed by atoms with Crippen LogP contribution in [0.25, 0.3) is 21.9 Å². The molecular weight excluding hydrogens is 494 g/mol. The average molecular weight is 530 g/mol. The summed E-state index contributed by atoms with van der Waals surface area (Å²) in [6.45, 7) is 11.9. The predicted octanol–water partition coefficient (Wildman–Crippen LogP) is 4.88. The van der Waals surface area contributed by atoms with Crippen molar-refractivity contribution in [3.8, 4) is 0 Å². The van der Waals surface area contributed by atoms with Crippen LogP contribution in [0.3, 0.4) is 0 Å². The maximum Gasteiger partial charge on any atom is 0.410 e. The number of piperazine rings is 1. The number of benzene rings is 2. The van der Waals surface area contributed by atoms with Crippen LogP contribution in [0.15, 0.2) is 45.7 Å². The average Bonchev–Trinajstić information content (AvgIpc) is 3.14. The molecule has 9 nitrogen and oxygen atoms in total. The third-order valence-corrected chi connectivity index (χ3v) is 7.69. The van der Waals surface area contributed by atoms with Gasteiger partial charge in [0, 0.05) is 41.7 Å². The van der Waals surface area contributed by atoms with E-state index in [1.165, 1.54) is 11.0 Å². The molecule has 1 N–H and O–H groups in total. The number of carbonyl (C=O) groups is 2. The Bertz CT molecular complexity index is 1440. The van der Waals surface area contributed by atoms with Gasteiger partial charge in [0.25, 0.3) is 0 Å². The highest BCUT2D eigenvalue weighted by atomic mass is 32.2. The van der Waals surface area contributed by atoms with Crippen LogP contribution in [0.2, 0.25) is 0 Å². The highest BCUT2D eigenvalue weighted by molar-refractivity contribution is 7.89. The quantitative estimate of drug-likeness (QED) is 0.487. The third kappa shape index (κ3) is 6.07. The van der Waals surface area contributed by atoms with Crippen LogP contribution >= 0.6 is 0 Å². The molecule has 0 spiro atoms. The van der Waals surface area contributed by atoms with Gasteiger partial charge >= 0.3 is 6.09 Å². The number of rotatable bonds is 6. The van der Waals surface area contributed by atoms with E-state index in [9.17, 15) is 18.0 Å². The molecule has 37 heavy (non-hydrogen) atoms. The summed E-state index contributed by atoms with van der Waals surface area (Å²) < 4.78 is 40.0. The van der Waals surface area contributed by atoms with Crippen molar-refractivity contribution < 1.29 is 27.2 Å². The topological polar surface area (TPSA) is 109 Å². The molecule has 0 saturated carbocycles. The molecule has 1 aromatic heterocycles. The molecule has 1 aliphatic heterocycles. The fourth-order valence-corrected chi connectivity index (χ4v) is 5.88. The minimum atomic E-state index is -3.69. The zero-order valence-electron chi connectivity index (χ0n) is 22.2. The lowest BCUT2D eigenvalue weighted by atomic mass is 10.1. The number of amides is 2. The molecule has 0 radical (unpaired) electrons. The van der Waals surface area contributed by atoms with Gasteiger partial charge in [0.1, 0.15) is 23.3 Å². The summed E-state index contributed by atoms with van der Waals surface area (Å²) >= 11 is 0. The number of anilines is 1. The van der Waals surface area contributed by atoms with Gasteiger partial charge in [-0.25, -0.2) is 17.9 Å². The molecule has 1 saturated heterocycles. The van der Waals surface area contributed by atoms with Crippen LogP contribution in [0.5, 0.6) is 0 Å². The van der Waals surface area contributed by atoms with Gasteiger partial charge in [-0.05, 0) is 70.4 Å².